The van der Waals surface area contributed by atoms with E-state index in [2.05, 4.69) is 5.32 Å². The summed E-state index contributed by atoms with van der Waals surface area (Å²) < 4.78 is 33.7. The Morgan fingerprint density at radius 3 is 2.11 bits per heavy atom. The zero-order chi connectivity index (χ0) is 25.9. The van der Waals surface area contributed by atoms with Crippen molar-refractivity contribution in [3.8, 4) is 22.3 Å². The van der Waals surface area contributed by atoms with E-state index in [0.717, 1.165) is 22.3 Å². The van der Waals surface area contributed by atoms with Crippen molar-refractivity contribution >= 4 is 12.1 Å². The van der Waals surface area contributed by atoms with Gasteiger partial charge in [0.1, 0.15) is 24.3 Å². The molecule has 1 aliphatic rings. The summed E-state index contributed by atoms with van der Waals surface area (Å²) >= 11 is 0. The van der Waals surface area contributed by atoms with Gasteiger partial charge in [-0.15, -0.1) is 0 Å². The maximum absolute atomic E-state index is 14.8. The van der Waals surface area contributed by atoms with Crippen LogP contribution in [0.5, 0.6) is 0 Å². The van der Waals surface area contributed by atoms with E-state index in [1.807, 2.05) is 48.5 Å². The highest BCUT2D eigenvalue weighted by atomic mass is 19.1. The lowest BCUT2D eigenvalue weighted by molar-refractivity contribution is -0.139. The number of amides is 1. The molecule has 0 bridgehead atoms. The Morgan fingerprint density at radius 1 is 0.838 bits per heavy atom. The average Bonchev–Trinajstić information content (AvgIpc) is 3.21. The SMILES string of the molecule is O=C(NC(Cc1ccc(-c2cccc(F)c2)cc1F)C(=O)O)OCC1c2ccccc2-c2ccccc21. The summed E-state index contributed by atoms with van der Waals surface area (Å²) in [6, 6.07) is 24.3. The molecule has 0 aliphatic heterocycles. The van der Waals surface area contributed by atoms with E-state index < -0.39 is 29.7 Å². The topological polar surface area (TPSA) is 75.6 Å². The summed E-state index contributed by atoms with van der Waals surface area (Å²) in [5.41, 5.74) is 5.28. The highest BCUT2D eigenvalue weighted by Crippen LogP contribution is 2.44. The number of benzene rings is 4. The lowest BCUT2D eigenvalue weighted by Gasteiger charge is -2.18. The maximum atomic E-state index is 14.8. The molecule has 0 saturated heterocycles. The van der Waals surface area contributed by atoms with E-state index in [4.69, 9.17) is 4.74 Å². The number of hydrogen-bond donors (Lipinski definition) is 2. The van der Waals surface area contributed by atoms with E-state index in [9.17, 15) is 23.5 Å². The first-order valence-corrected chi connectivity index (χ1v) is 11.8. The van der Waals surface area contributed by atoms with Crippen LogP contribution in [0.2, 0.25) is 0 Å². The van der Waals surface area contributed by atoms with Gasteiger partial charge < -0.3 is 15.2 Å². The van der Waals surface area contributed by atoms with Crippen molar-refractivity contribution in [2.75, 3.05) is 6.61 Å². The Bertz CT molecular complexity index is 1440. The van der Waals surface area contributed by atoms with Crippen molar-refractivity contribution in [1.82, 2.24) is 5.32 Å². The van der Waals surface area contributed by atoms with E-state index in [-0.39, 0.29) is 24.5 Å². The van der Waals surface area contributed by atoms with Crippen molar-refractivity contribution in [1.29, 1.82) is 0 Å². The molecule has 1 aliphatic carbocycles. The number of halogens is 2. The monoisotopic (exact) mass is 499 g/mol. The van der Waals surface area contributed by atoms with Crippen LogP contribution < -0.4 is 5.32 Å². The summed E-state index contributed by atoms with van der Waals surface area (Å²) in [7, 11) is 0. The lowest BCUT2D eigenvalue weighted by atomic mass is 9.98. The quantitative estimate of drug-likeness (QED) is 0.319. The number of aliphatic carboxylic acids is 1. The van der Waals surface area contributed by atoms with E-state index in [0.29, 0.717) is 11.1 Å². The number of carboxylic acids is 1. The van der Waals surface area contributed by atoms with Gasteiger partial charge in [-0.2, -0.15) is 0 Å². The fraction of sp³-hybridized carbons (Fsp3) is 0.133. The molecular formula is C30H23F2NO4. The molecule has 186 valence electrons. The molecule has 2 N–H and O–H groups in total. The van der Waals surface area contributed by atoms with Crippen molar-refractivity contribution in [3.05, 3.63) is 119 Å². The van der Waals surface area contributed by atoms with Crippen molar-refractivity contribution in [2.45, 2.75) is 18.4 Å². The Hall–Kier alpha value is -4.52. The minimum atomic E-state index is -1.40. The van der Waals surface area contributed by atoms with Gasteiger partial charge in [0, 0.05) is 12.3 Å². The molecule has 5 rings (SSSR count). The normalized spacial score (nSPS) is 12.9. The predicted octanol–water partition coefficient (Wildman–Crippen LogP) is 6.17. The second-order valence-electron chi connectivity index (χ2n) is 8.88. The molecule has 4 aromatic rings. The van der Waals surface area contributed by atoms with Crippen molar-refractivity contribution in [2.24, 2.45) is 0 Å². The van der Waals surface area contributed by atoms with E-state index >= 15 is 0 Å². The van der Waals surface area contributed by atoms with Gasteiger partial charge in [0.25, 0.3) is 0 Å². The molecule has 0 aromatic heterocycles. The molecule has 0 saturated carbocycles. The molecule has 37 heavy (non-hydrogen) atoms. The first-order chi connectivity index (χ1) is 17.9. The molecule has 0 heterocycles. The molecule has 0 fully saturated rings. The van der Waals surface area contributed by atoms with Crippen LogP contribution in [0.15, 0.2) is 91.0 Å². The smallest absolute Gasteiger partial charge is 0.407 e. The number of ether oxygens (including phenoxy) is 1. The van der Waals surface area contributed by atoms with Crippen LogP contribution in [0.3, 0.4) is 0 Å². The molecule has 4 aromatic carbocycles. The Kier molecular flexibility index (Phi) is 6.68. The van der Waals surface area contributed by atoms with Gasteiger partial charge in [0.15, 0.2) is 0 Å². The Morgan fingerprint density at radius 2 is 1.49 bits per heavy atom. The van der Waals surface area contributed by atoms with Gasteiger partial charge in [0.05, 0.1) is 0 Å². The number of fused-ring (bicyclic) bond motifs is 3. The summed E-state index contributed by atoms with van der Waals surface area (Å²) in [5.74, 6) is -2.58. The second-order valence-corrected chi connectivity index (χ2v) is 8.88. The van der Waals surface area contributed by atoms with Crippen LogP contribution in [0.4, 0.5) is 13.6 Å². The number of carboxylic acid groups (broad SMARTS) is 1. The minimum absolute atomic E-state index is 0.0306. The van der Waals surface area contributed by atoms with Crippen LogP contribution in [0.1, 0.15) is 22.6 Å². The van der Waals surface area contributed by atoms with Gasteiger partial charge in [0.2, 0.25) is 0 Å². The van der Waals surface area contributed by atoms with Crippen LogP contribution in [-0.2, 0) is 16.0 Å². The standard InChI is InChI=1S/C30H23F2NO4/c31-21-7-5-6-18(14-21)19-12-13-20(27(32)15-19)16-28(29(34)35)33-30(36)37-17-26-24-10-3-1-8-22(24)23-9-2-4-11-25(23)26/h1-15,26,28H,16-17H2,(H,33,36)(H,34,35). The van der Waals surface area contributed by atoms with Gasteiger partial charge >= 0.3 is 12.1 Å². The number of carbonyl (C=O) groups is 2. The molecule has 0 radical (unpaired) electrons. The van der Waals surface area contributed by atoms with Crippen LogP contribution in [0, 0.1) is 11.6 Å². The Labute approximate surface area is 212 Å². The summed E-state index contributed by atoms with van der Waals surface area (Å²) in [6.07, 6.45) is -1.18. The van der Waals surface area contributed by atoms with Crippen molar-refractivity contribution in [3.63, 3.8) is 0 Å². The lowest BCUT2D eigenvalue weighted by Crippen LogP contribution is -2.43. The minimum Gasteiger partial charge on any atom is -0.480 e. The van der Waals surface area contributed by atoms with Crippen LogP contribution in [0.25, 0.3) is 22.3 Å². The largest absolute Gasteiger partial charge is 0.480 e. The summed E-state index contributed by atoms with van der Waals surface area (Å²) in [4.78, 5) is 24.4. The highest BCUT2D eigenvalue weighted by molar-refractivity contribution is 5.81. The fourth-order valence-electron chi connectivity index (χ4n) is 4.76. The van der Waals surface area contributed by atoms with Crippen LogP contribution in [-0.4, -0.2) is 29.8 Å². The highest BCUT2D eigenvalue weighted by Gasteiger charge is 2.30. The zero-order valence-corrected chi connectivity index (χ0v) is 19.7. The third kappa shape index (κ3) is 5.07. The average molecular weight is 500 g/mol. The van der Waals surface area contributed by atoms with Crippen molar-refractivity contribution < 1.29 is 28.2 Å². The van der Waals surface area contributed by atoms with Gasteiger partial charge in [-0.25, -0.2) is 18.4 Å². The molecule has 7 heteroatoms. The fourth-order valence-corrected chi connectivity index (χ4v) is 4.76. The van der Waals surface area contributed by atoms with Crippen LogP contribution >= 0.6 is 0 Å². The molecule has 1 amide bonds. The third-order valence-corrected chi connectivity index (χ3v) is 6.57. The number of rotatable bonds is 7. The van der Waals surface area contributed by atoms with E-state index in [1.54, 1.807) is 12.1 Å². The van der Waals surface area contributed by atoms with Gasteiger partial charge in [-0.05, 0) is 57.1 Å². The second kappa shape index (κ2) is 10.2. The van der Waals surface area contributed by atoms with Gasteiger partial charge in [-0.3, -0.25) is 0 Å². The Balaban J connectivity index is 1.26. The number of nitrogens with one attached hydrogen (secondary N) is 1. The molecule has 5 nitrogen and oxygen atoms in total. The number of alkyl carbamates (subject to hydrolysis) is 1. The molecule has 1 unspecified atom stereocenters. The zero-order valence-electron chi connectivity index (χ0n) is 19.7. The maximum Gasteiger partial charge on any atom is 0.407 e. The summed E-state index contributed by atoms with van der Waals surface area (Å²) in [6.45, 7) is 0.0306. The predicted molar refractivity (Wildman–Crippen MR) is 135 cm³/mol. The van der Waals surface area contributed by atoms with E-state index in [1.165, 1.54) is 30.3 Å². The molecule has 0 spiro atoms. The third-order valence-electron chi connectivity index (χ3n) is 6.57. The first kappa shape index (κ1) is 24.2. The molecule has 1 atom stereocenters. The first-order valence-electron chi connectivity index (χ1n) is 11.8. The number of carbonyl (C=O) groups excluding carboxylic acids is 1. The molecular weight excluding hydrogens is 476 g/mol. The summed E-state index contributed by atoms with van der Waals surface area (Å²) in [5, 5.41) is 12.0. The van der Waals surface area contributed by atoms with Gasteiger partial charge in [-0.1, -0.05) is 72.8 Å². The number of hydrogen-bond acceptors (Lipinski definition) is 3.